The van der Waals surface area contributed by atoms with Crippen LogP contribution in [0.5, 0.6) is 0 Å². The van der Waals surface area contributed by atoms with Crippen molar-refractivity contribution in [2.24, 2.45) is 0 Å². The van der Waals surface area contributed by atoms with Crippen molar-refractivity contribution >= 4 is 35.3 Å². The Morgan fingerprint density at radius 1 is 1.05 bits per heavy atom. The van der Waals surface area contributed by atoms with Crippen molar-refractivity contribution in [2.45, 2.75) is 6.42 Å². The molecule has 1 aromatic heterocycles. The molecule has 110 valence electrons. The molecule has 0 bridgehead atoms. The number of benzene rings is 2. The molecule has 1 amide bonds. The smallest absolute Gasteiger partial charge is 0.228 e. The third kappa shape index (κ3) is 2.63. The lowest BCUT2D eigenvalue weighted by Crippen LogP contribution is -2.03. The molecule has 0 fully saturated rings. The summed E-state index contributed by atoms with van der Waals surface area (Å²) in [6.45, 7) is 0. The molecule has 5 heteroatoms. The van der Waals surface area contributed by atoms with Gasteiger partial charge in [-0.15, -0.1) is 23.7 Å². The van der Waals surface area contributed by atoms with Gasteiger partial charge in [0.25, 0.3) is 0 Å². The molecule has 0 saturated heterocycles. The van der Waals surface area contributed by atoms with Gasteiger partial charge in [-0.2, -0.15) is 0 Å². The lowest BCUT2D eigenvalue weighted by molar-refractivity contribution is -0.115. The minimum atomic E-state index is 0. The predicted octanol–water partition coefficient (Wildman–Crippen LogP) is 4.39. The van der Waals surface area contributed by atoms with E-state index in [-0.39, 0.29) is 18.3 Å². The standard InChI is InChI=1S/C17H12N2OS.ClH/c20-16-9-13-8-12(6-7-14(13)18-16)15-10-21-17(19-15)11-4-2-1-3-5-11;/h1-8,10H,9H2,(H,18,20);1H. The third-order valence-electron chi connectivity index (χ3n) is 3.55. The van der Waals surface area contributed by atoms with Crippen LogP contribution in [0.4, 0.5) is 5.69 Å². The first kappa shape index (κ1) is 14.8. The molecule has 1 aliphatic heterocycles. The molecular formula is C17H13ClN2OS. The number of carbonyl (C=O) groups excluding carboxylic acids is 1. The molecule has 1 N–H and O–H groups in total. The van der Waals surface area contributed by atoms with E-state index in [0.717, 1.165) is 33.1 Å². The van der Waals surface area contributed by atoms with Gasteiger partial charge in [0.15, 0.2) is 0 Å². The van der Waals surface area contributed by atoms with Crippen LogP contribution in [0.3, 0.4) is 0 Å². The van der Waals surface area contributed by atoms with Gasteiger partial charge < -0.3 is 5.32 Å². The van der Waals surface area contributed by atoms with Crippen LogP contribution in [-0.4, -0.2) is 10.9 Å². The molecule has 0 saturated carbocycles. The number of rotatable bonds is 2. The molecule has 0 aliphatic carbocycles. The summed E-state index contributed by atoms with van der Waals surface area (Å²) in [6.07, 6.45) is 0.457. The molecule has 22 heavy (non-hydrogen) atoms. The molecule has 2 aromatic carbocycles. The number of halogens is 1. The molecule has 3 nitrogen and oxygen atoms in total. The molecular weight excluding hydrogens is 316 g/mol. The van der Waals surface area contributed by atoms with E-state index >= 15 is 0 Å². The van der Waals surface area contributed by atoms with Gasteiger partial charge in [-0.05, 0) is 17.7 Å². The van der Waals surface area contributed by atoms with Crippen LogP contribution in [-0.2, 0) is 11.2 Å². The van der Waals surface area contributed by atoms with Crippen molar-refractivity contribution < 1.29 is 4.79 Å². The average Bonchev–Trinajstić information content (AvgIpc) is 3.12. The Morgan fingerprint density at radius 3 is 2.68 bits per heavy atom. The maximum absolute atomic E-state index is 11.4. The Hall–Kier alpha value is -2.17. The Labute approximate surface area is 138 Å². The number of amides is 1. The quantitative estimate of drug-likeness (QED) is 0.758. The van der Waals surface area contributed by atoms with Gasteiger partial charge in [-0.3, -0.25) is 4.79 Å². The topological polar surface area (TPSA) is 42.0 Å². The summed E-state index contributed by atoms with van der Waals surface area (Å²) in [5, 5.41) is 5.93. The van der Waals surface area contributed by atoms with Gasteiger partial charge in [-0.1, -0.05) is 36.4 Å². The molecule has 0 spiro atoms. The van der Waals surface area contributed by atoms with E-state index in [0.29, 0.717) is 6.42 Å². The van der Waals surface area contributed by atoms with Gasteiger partial charge in [0.05, 0.1) is 12.1 Å². The number of anilines is 1. The first-order valence-corrected chi connectivity index (χ1v) is 7.62. The summed E-state index contributed by atoms with van der Waals surface area (Å²) < 4.78 is 0. The second kappa shape index (κ2) is 5.91. The van der Waals surface area contributed by atoms with E-state index < -0.39 is 0 Å². The second-order valence-electron chi connectivity index (χ2n) is 5.00. The minimum Gasteiger partial charge on any atom is -0.326 e. The van der Waals surface area contributed by atoms with E-state index in [2.05, 4.69) is 28.9 Å². The fraction of sp³-hybridized carbons (Fsp3) is 0.0588. The molecule has 0 atom stereocenters. The molecule has 0 unspecified atom stereocenters. The Balaban J connectivity index is 0.00000144. The van der Waals surface area contributed by atoms with Crippen LogP contribution in [0, 0.1) is 0 Å². The monoisotopic (exact) mass is 328 g/mol. The van der Waals surface area contributed by atoms with Crippen molar-refractivity contribution in [1.29, 1.82) is 0 Å². The Kier molecular flexibility index (Phi) is 3.96. The van der Waals surface area contributed by atoms with Crippen LogP contribution in [0.15, 0.2) is 53.9 Å². The fourth-order valence-corrected chi connectivity index (χ4v) is 3.34. The van der Waals surface area contributed by atoms with Crippen LogP contribution >= 0.6 is 23.7 Å². The lowest BCUT2D eigenvalue weighted by atomic mass is 10.1. The van der Waals surface area contributed by atoms with E-state index in [4.69, 9.17) is 4.98 Å². The zero-order valence-electron chi connectivity index (χ0n) is 11.6. The number of nitrogens with one attached hydrogen (secondary N) is 1. The van der Waals surface area contributed by atoms with Crippen molar-refractivity contribution in [3.05, 3.63) is 59.5 Å². The van der Waals surface area contributed by atoms with Crippen molar-refractivity contribution in [2.75, 3.05) is 5.32 Å². The molecule has 4 rings (SSSR count). The first-order valence-electron chi connectivity index (χ1n) is 6.74. The highest BCUT2D eigenvalue weighted by Crippen LogP contribution is 2.32. The van der Waals surface area contributed by atoms with Gasteiger partial charge in [0.2, 0.25) is 5.91 Å². The molecule has 2 heterocycles. The van der Waals surface area contributed by atoms with Gasteiger partial charge in [0, 0.05) is 22.2 Å². The number of hydrogen-bond donors (Lipinski definition) is 1. The highest BCUT2D eigenvalue weighted by Gasteiger charge is 2.18. The third-order valence-corrected chi connectivity index (χ3v) is 4.44. The number of thiazole rings is 1. The number of fused-ring (bicyclic) bond motifs is 1. The Morgan fingerprint density at radius 2 is 1.86 bits per heavy atom. The number of hydrogen-bond acceptors (Lipinski definition) is 3. The predicted molar refractivity (Wildman–Crippen MR) is 92.6 cm³/mol. The normalized spacial score (nSPS) is 12.5. The summed E-state index contributed by atoms with van der Waals surface area (Å²) >= 11 is 1.64. The number of aromatic nitrogens is 1. The maximum Gasteiger partial charge on any atom is 0.228 e. The summed E-state index contributed by atoms with van der Waals surface area (Å²) in [5.41, 5.74) is 5.12. The Bertz CT molecular complexity index is 830. The first-order chi connectivity index (χ1) is 10.3. The summed E-state index contributed by atoms with van der Waals surface area (Å²) in [7, 11) is 0. The van der Waals surface area contributed by atoms with Crippen molar-refractivity contribution in [3.63, 3.8) is 0 Å². The van der Waals surface area contributed by atoms with Crippen molar-refractivity contribution in [3.8, 4) is 21.8 Å². The largest absolute Gasteiger partial charge is 0.326 e. The highest BCUT2D eigenvalue weighted by atomic mass is 35.5. The zero-order chi connectivity index (χ0) is 14.2. The lowest BCUT2D eigenvalue weighted by Gasteiger charge is -2.01. The zero-order valence-corrected chi connectivity index (χ0v) is 13.2. The van der Waals surface area contributed by atoms with Crippen molar-refractivity contribution in [1.82, 2.24) is 4.98 Å². The number of carbonyl (C=O) groups is 1. The molecule has 1 aliphatic rings. The summed E-state index contributed by atoms with van der Waals surface area (Å²) in [6, 6.07) is 16.2. The molecule has 3 aromatic rings. The van der Waals surface area contributed by atoms with E-state index in [9.17, 15) is 4.79 Å². The van der Waals surface area contributed by atoms with Gasteiger partial charge in [-0.25, -0.2) is 4.98 Å². The average molecular weight is 329 g/mol. The van der Waals surface area contributed by atoms with Crippen LogP contribution in [0.2, 0.25) is 0 Å². The van der Waals surface area contributed by atoms with E-state index in [1.54, 1.807) is 11.3 Å². The fourth-order valence-electron chi connectivity index (χ4n) is 2.51. The van der Waals surface area contributed by atoms with Gasteiger partial charge >= 0.3 is 0 Å². The van der Waals surface area contributed by atoms with Crippen LogP contribution in [0.25, 0.3) is 21.8 Å². The maximum atomic E-state index is 11.4. The summed E-state index contributed by atoms with van der Waals surface area (Å²) in [4.78, 5) is 16.1. The van der Waals surface area contributed by atoms with Crippen LogP contribution < -0.4 is 5.32 Å². The minimum absolute atomic E-state index is 0. The summed E-state index contributed by atoms with van der Waals surface area (Å²) in [5.74, 6) is 0.0606. The van der Waals surface area contributed by atoms with E-state index in [1.165, 1.54) is 0 Å². The highest BCUT2D eigenvalue weighted by molar-refractivity contribution is 7.13. The van der Waals surface area contributed by atoms with Gasteiger partial charge in [0.1, 0.15) is 5.01 Å². The van der Waals surface area contributed by atoms with E-state index in [1.807, 2.05) is 30.3 Å². The number of nitrogens with zero attached hydrogens (tertiary/aromatic N) is 1. The molecule has 0 radical (unpaired) electrons. The SMILES string of the molecule is Cl.O=C1Cc2cc(-c3csc(-c4ccccc4)n3)ccc2N1. The second-order valence-corrected chi connectivity index (χ2v) is 5.86. The van der Waals surface area contributed by atoms with Crippen LogP contribution in [0.1, 0.15) is 5.56 Å².